The van der Waals surface area contributed by atoms with E-state index in [4.69, 9.17) is 9.73 Å². The molecule has 0 aliphatic carbocycles. The molecule has 6 nitrogen and oxygen atoms in total. The molecule has 192 valence electrons. The van der Waals surface area contributed by atoms with Gasteiger partial charge in [0.25, 0.3) is 0 Å². The van der Waals surface area contributed by atoms with E-state index in [1.807, 2.05) is 36.4 Å². The summed E-state index contributed by atoms with van der Waals surface area (Å²) in [6.07, 6.45) is 0.858. The van der Waals surface area contributed by atoms with Crippen molar-refractivity contribution >= 4 is 28.3 Å². The summed E-state index contributed by atoms with van der Waals surface area (Å²) in [5.41, 5.74) is 5.27. The van der Waals surface area contributed by atoms with Crippen molar-refractivity contribution in [3.05, 3.63) is 94.8 Å². The second kappa shape index (κ2) is 11.8. The van der Waals surface area contributed by atoms with Crippen LogP contribution in [0.5, 0.6) is 5.88 Å². The highest BCUT2D eigenvalue weighted by atomic mass is 19.1. The lowest BCUT2D eigenvalue weighted by atomic mass is 9.98. The van der Waals surface area contributed by atoms with Gasteiger partial charge < -0.3 is 14.8 Å². The van der Waals surface area contributed by atoms with Crippen LogP contribution in [0.2, 0.25) is 0 Å². The Morgan fingerprint density at radius 1 is 1.00 bits per heavy atom. The number of rotatable bonds is 10. The number of methoxy groups -OCH3 is 1. The average Bonchev–Trinajstić information content (AvgIpc) is 3.24. The van der Waals surface area contributed by atoms with Crippen molar-refractivity contribution in [1.29, 1.82) is 0 Å². The van der Waals surface area contributed by atoms with Gasteiger partial charge in [-0.05, 0) is 61.0 Å². The van der Waals surface area contributed by atoms with Crippen molar-refractivity contribution < 1.29 is 19.0 Å². The van der Waals surface area contributed by atoms with E-state index in [1.165, 1.54) is 24.8 Å². The van der Waals surface area contributed by atoms with Crippen LogP contribution in [-0.4, -0.2) is 46.9 Å². The van der Waals surface area contributed by atoms with Gasteiger partial charge in [-0.2, -0.15) is 0 Å². The van der Waals surface area contributed by atoms with E-state index in [0.29, 0.717) is 35.0 Å². The molecule has 0 saturated heterocycles. The molecule has 0 bridgehead atoms. The number of carbonyl (C=O) groups excluding carboxylic acids is 1. The van der Waals surface area contributed by atoms with Crippen molar-refractivity contribution in [2.45, 2.75) is 33.2 Å². The molecule has 0 fully saturated rings. The lowest BCUT2D eigenvalue weighted by Crippen LogP contribution is -2.21. The number of fused-ring (bicyclic) bond motifs is 1. The molecular formula is C30H32FN3O3. The predicted octanol–water partition coefficient (Wildman–Crippen LogP) is 6.13. The molecule has 1 aromatic heterocycles. The van der Waals surface area contributed by atoms with Crippen LogP contribution >= 0.6 is 0 Å². The molecule has 4 rings (SSSR count). The standard InChI is InChI=1S/C30H32FN3O3/c1-4-34(5-2)19-21-8-14-24(15-9-21)32-29(22-11-6-20(7-12-22)10-17-27(35)37-3)28-25-16-13-23(31)18-26(25)33-30(28)36/h6-9,11-16,18,33,36H,4-5,10,17,19H2,1-3H3. The van der Waals surface area contributed by atoms with Crippen LogP contribution in [0.1, 0.15) is 42.5 Å². The number of aryl methyl sites for hydroxylation is 1. The number of aromatic hydroxyl groups is 1. The Morgan fingerprint density at radius 3 is 2.32 bits per heavy atom. The maximum Gasteiger partial charge on any atom is 0.305 e. The van der Waals surface area contributed by atoms with Crippen molar-refractivity contribution in [3.63, 3.8) is 0 Å². The topological polar surface area (TPSA) is 77.9 Å². The van der Waals surface area contributed by atoms with E-state index >= 15 is 0 Å². The monoisotopic (exact) mass is 501 g/mol. The Balaban J connectivity index is 1.74. The third-order valence-electron chi connectivity index (χ3n) is 6.53. The number of hydrogen-bond acceptors (Lipinski definition) is 5. The highest BCUT2D eigenvalue weighted by Crippen LogP contribution is 2.32. The molecule has 7 heteroatoms. The zero-order chi connectivity index (χ0) is 26.4. The minimum Gasteiger partial charge on any atom is -0.494 e. The predicted molar refractivity (Wildman–Crippen MR) is 145 cm³/mol. The van der Waals surface area contributed by atoms with Crippen LogP contribution in [0.4, 0.5) is 10.1 Å². The van der Waals surface area contributed by atoms with Gasteiger partial charge in [0, 0.05) is 23.9 Å². The number of H-pyrrole nitrogens is 1. The summed E-state index contributed by atoms with van der Waals surface area (Å²) in [7, 11) is 1.38. The number of hydrogen-bond donors (Lipinski definition) is 2. The highest BCUT2D eigenvalue weighted by molar-refractivity contribution is 6.21. The molecule has 4 aromatic rings. The zero-order valence-corrected chi connectivity index (χ0v) is 21.4. The van der Waals surface area contributed by atoms with Crippen LogP contribution in [0.25, 0.3) is 10.9 Å². The molecule has 0 unspecified atom stereocenters. The highest BCUT2D eigenvalue weighted by Gasteiger charge is 2.19. The van der Waals surface area contributed by atoms with E-state index in [0.717, 1.165) is 36.4 Å². The molecule has 37 heavy (non-hydrogen) atoms. The summed E-state index contributed by atoms with van der Waals surface area (Å²) in [5.74, 6) is -0.725. The fourth-order valence-corrected chi connectivity index (χ4v) is 4.35. The maximum atomic E-state index is 13.9. The number of aromatic amines is 1. The molecule has 0 radical (unpaired) electrons. The molecule has 0 spiro atoms. The number of nitrogens with zero attached hydrogens (tertiary/aromatic N) is 2. The van der Waals surface area contributed by atoms with Gasteiger partial charge in [-0.25, -0.2) is 9.38 Å². The average molecular weight is 502 g/mol. The van der Waals surface area contributed by atoms with Crippen LogP contribution in [-0.2, 0) is 22.5 Å². The Kier molecular flexibility index (Phi) is 8.36. The first-order chi connectivity index (χ1) is 17.9. The first kappa shape index (κ1) is 26.1. The summed E-state index contributed by atoms with van der Waals surface area (Å²) in [6.45, 7) is 7.13. The van der Waals surface area contributed by atoms with Crippen molar-refractivity contribution in [3.8, 4) is 5.88 Å². The van der Waals surface area contributed by atoms with Gasteiger partial charge in [0.2, 0.25) is 0 Å². The Morgan fingerprint density at radius 2 is 1.68 bits per heavy atom. The van der Waals surface area contributed by atoms with Crippen LogP contribution in [0, 0.1) is 5.82 Å². The van der Waals surface area contributed by atoms with Gasteiger partial charge in [-0.3, -0.25) is 9.69 Å². The summed E-state index contributed by atoms with van der Waals surface area (Å²) < 4.78 is 18.6. The zero-order valence-electron chi connectivity index (χ0n) is 21.4. The molecule has 0 aliphatic heterocycles. The normalized spacial score (nSPS) is 11.9. The van der Waals surface area contributed by atoms with Gasteiger partial charge in [0.1, 0.15) is 5.82 Å². The smallest absolute Gasteiger partial charge is 0.305 e. The number of nitrogens with one attached hydrogen (secondary N) is 1. The van der Waals surface area contributed by atoms with E-state index in [1.54, 1.807) is 6.07 Å². The van der Waals surface area contributed by atoms with Crippen molar-refractivity contribution in [2.24, 2.45) is 4.99 Å². The van der Waals surface area contributed by atoms with Gasteiger partial charge in [0.05, 0.1) is 29.6 Å². The number of carbonyl (C=O) groups is 1. The number of halogens is 1. The summed E-state index contributed by atoms with van der Waals surface area (Å²) in [4.78, 5) is 21.7. The van der Waals surface area contributed by atoms with E-state index < -0.39 is 5.82 Å². The maximum absolute atomic E-state index is 13.9. The van der Waals surface area contributed by atoms with Crippen molar-refractivity contribution in [2.75, 3.05) is 20.2 Å². The minimum absolute atomic E-state index is 0.0766. The first-order valence-corrected chi connectivity index (χ1v) is 12.5. The summed E-state index contributed by atoms with van der Waals surface area (Å²) in [6, 6.07) is 20.1. The van der Waals surface area contributed by atoms with Gasteiger partial charge in [-0.15, -0.1) is 0 Å². The molecule has 0 saturated carbocycles. The summed E-state index contributed by atoms with van der Waals surface area (Å²) >= 11 is 0. The molecule has 0 amide bonds. The SMILES string of the molecule is CCN(CC)Cc1ccc(N=C(c2ccc(CCC(=O)OC)cc2)c2c(O)[nH]c3cc(F)ccc23)cc1. The molecule has 3 aromatic carbocycles. The second-order valence-corrected chi connectivity index (χ2v) is 8.90. The van der Waals surface area contributed by atoms with Gasteiger partial charge in [-0.1, -0.05) is 50.2 Å². The molecule has 0 atom stereocenters. The third-order valence-corrected chi connectivity index (χ3v) is 6.53. The Hall–Kier alpha value is -3.97. The lowest BCUT2D eigenvalue weighted by Gasteiger charge is -2.17. The second-order valence-electron chi connectivity index (χ2n) is 8.90. The van der Waals surface area contributed by atoms with Crippen molar-refractivity contribution in [1.82, 2.24) is 9.88 Å². The van der Waals surface area contributed by atoms with E-state index in [2.05, 4.69) is 35.9 Å². The molecule has 1 heterocycles. The lowest BCUT2D eigenvalue weighted by molar-refractivity contribution is -0.140. The number of esters is 1. The van der Waals surface area contributed by atoms with Crippen LogP contribution in [0.3, 0.4) is 0 Å². The minimum atomic E-state index is -0.391. The van der Waals surface area contributed by atoms with Gasteiger partial charge in [0.15, 0.2) is 5.88 Å². The Bertz CT molecular complexity index is 1390. The van der Waals surface area contributed by atoms with Crippen LogP contribution < -0.4 is 0 Å². The van der Waals surface area contributed by atoms with Gasteiger partial charge >= 0.3 is 5.97 Å². The quantitative estimate of drug-likeness (QED) is 0.202. The van der Waals surface area contributed by atoms with E-state index in [-0.39, 0.29) is 11.8 Å². The number of ether oxygens (including phenoxy) is 1. The number of aliphatic imine (C=N–C) groups is 1. The van der Waals surface area contributed by atoms with Crippen LogP contribution in [0.15, 0.2) is 71.7 Å². The third kappa shape index (κ3) is 6.24. The molecule has 2 N–H and O–H groups in total. The fourth-order valence-electron chi connectivity index (χ4n) is 4.35. The number of aromatic nitrogens is 1. The number of benzene rings is 3. The van der Waals surface area contributed by atoms with E-state index in [9.17, 15) is 14.3 Å². The Labute approximate surface area is 216 Å². The fraction of sp³-hybridized carbons (Fsp3) is 0.267. The summed E-state index contributed by atoms with van der Waals surface area (Å²) in [5, 5.41) is 11.5. The first-order valence-electron chi connectivity index (χ1n) is 12.5. The molecular weight excluding hydrogens is 469 g/mol. The molecule has 0 aliphatic rings. The largest absolute Gasteiger partial charge is 0.494 e.